The molecule has 0 N–H and O–H groups in total. The summed E-state index contributed by atoms with van der Waals surface area (Å²) in [7, 11) is 0. The van der Waals surface area contributed by atoms with Crippen LogP contribution in [0, 0.1) is 0 Å². The Labute approximate surface area is 109 Å². The van der Waals surface area contributed by atoms with E-state index in [2.05, 4.69) is 4.79 Å². The quantitative estimate of drug-likeness (QED) is 0.357. The van der Waals surface area contributed by atoms with E-state index in [1.165, 1.54) is 6.07 Å². The predicted octanol–water partition coefficient (Wildman–Crippen LogP) is 1.64. The molecular formula is C13H14N2O4. The zero-order valence-corrected chi connectivity index (χ0v) is 11.0. The minimum Gasteiger partial charge on any atom is -0.457 e. The lowest BCUT2D eigenvalue weighted by molar-refractivity contribution is -0.139. The number of rotatable bonds is 4. The van der Waals surface area contributed by atoms with Crippen molar-refractivity contribution < 1.29 is 18.7 Å². The van der Waals surface area contributed by atoms with Gasteiger partial charge in [-0.05, 0) is 26.8 Å². The SMILES string of the molecule is CCOC(=O)C(=[N+]=[N-])c1cc(=O)cc(C=C(C)C)o1. The van der Waals surface area contributed by atoms with Crippen LogP contribution in [-0.2, 0) is 9.53 Å². The van der Waals surface area contributed by atoms with Crippen molar-refractivity contribution in [2.24, 2.45) is 0 Å². The molecule has 0 saturated heterocycles. The smallest absolute Gasteiger partial charge is 0.441 e. The van der Waals surface area contributed by atoms with Crippen LogP contribution in [0.15, 0.2) is 26.9 Å². The highest BCUT2D eigenvalue weighted by Crippen LogP contribution is 2.08. The van der Waals surface area contributed by atoms with Gasteiger partial charge in [0.05, 0.1) is 6.61 Å². The molecule has 19 heavy (non-hydrogen) atoms. The molecule has 0 aromatic carbocycles. The first-order valence-electron chi connectivity index (χ1n) is 5.67. The molecule has 1 aromatic rings. The maximum absolute atomic E-state index is 11.5. The van der Waals surface area contributed by atoms with Gasteiger partial charge in [-0.3, -0.25) is 4.79 Å². The molecule has 0 fully saturated rings. The maximum atomic E-state index is 11.5. The number of hydrogen-bond donors (Lipinski definition) is 0. The summed E-state index contributed by atoms with van der Waals surface area (Å²) in [5.74, 6) is -0.726. The molecule has 0 aliphatic carbocycles. The largest absolute Gasteiger partial charge is 0.457 e. The number of carbonyl (C=O) groups excluding carboxylic acids is 1. The Hall–Kier alpha value is -2.46. The number of hydrogen-bond acceptors (Lipinski definition) is 4. The van der Waals surface area contributed by atoms with E-state index in [0.717, 1.165) is 11.6 Å². The van der Waals surface area contributed by atoms with Gasteiger partial charge in [-0.15, -0.1) is 0 Å². The van der Waals surface area contributed by atoms with E-state index < -0.39 is 11.7 Å². The van der Waals surface area contributed by atoms with Gasteiger partial charge in [-0.25, -0.2) is 4.79 Å². The Morgan fingerprint density at radius 2 is 2.16 bits per heavy atom. The van der Waals surface area contributed by atoms with Crippen LogP contribution in [0.3, 0.4) is 0 Å². The molecule has 0 bridgehead atoms. The minimum atomic E-state index is -0.859. The Kier molecular flexibility index (Phi) is 4.97. The Balaban J connectivity index is 3.30. The molecule has 0 aliphatic rings. The molecule has 6 heteroatoms. The summed E-state index contributed by atoms with van der Waals surface area (Å²) in [6.45, 7) is 5.40. The lowest BCUT2D eigenvalue weighted by atomic mass is 10.2. The Bertz CT molecular complexity index is 618. The molecule has 0 radical (unpaired) electrons. The molecule has 0 spiro atoms. The zero-order valence-electron chi connectivity index (χ0n) is 11.0. The summed E-state index contributed by atoms with van der Waals surface area (Å²) in [5.41, 5.74) is 8.96. The van der Waals surface area contributed by atoms with E-state index in [4.69, 9.17) is 14.7 Å². The van der Waals surface area contributed by atoms with Gasteiger partial charge in [0.25, 0.3) is 0 Å². The van der Waals surface area contributed by atoms with Crippen molar-refractivity contribution in [3.8, 4) is 0 Å². The predicted molar refractivity (Wildman–Crippen MR) is 68.7 cm³/mol. The van der Waals surface area contributed by atoms with Crippen LogP contribution in [0.4, 0.5) is 0 Å². The molecule has 0 saturated carbocycles. The fourth-order valence-corrected chi connectivity index (χ4v) is 1.36. The van der Waals surface area contributed by atoms with Gasteiger partial charge in [0, 0.05) is 12.1 Å². The maximum Gasteiger partial charge on any atom is 0.441 e. The number of esters is 1. The number of allylic oxidation sites excluding steroid dienone is 1. The highest BCUT2D eigenvalue weighted by molar-refractivity contribution is 6.39. The Morgan fingerprint density at radius 3 is 2.68 bits per heavy atom. The highest BCUT2D eigenvalue weighted by Gasteiger charge is 2.27. The second-order valence-electron chi connectivity index (χ2n) is 3.95. The van der Waals surface area contributed by atoms with E-state index in [1.807, 2.05) is 13.8 Å². The molecule has 1 rings (SSSR count). The average Bonchev–Trinajstić information content (AvgIpc) is 2.28. The van der Waals surface area contributed by atoms with E-state index in [-0.39, 0.29) is 23.6 Å². The van der Waals surface area contributed by atoms with Crippen molar-refractivity contribution >= 4 is 17.8 Å². The normalized spacial score (nSPS) is 9.42. The van der Waals surface area contributed by atoms with Crippen molar-refractivity contribution in [1.29, 1.82) is 0 Å². The lowest BCUT2D eigenvalue weighted by Crippen LogP contribution is -2.21. The summed E-state index contributed by atoms with van der Waals surface area (Å²) in [4.78, 5) is 25.9. The van der Waals surface area contributed by atoms with Crippen molar-refractivity contribution in [2.75, 3.05) is 6.61 Å². The first-order valence-corrected chi connectivity index (χ1v) is 5.67. The van der Waals surface area contributed by atoms with E-state index in [9.17, 15) is 9.59 Å². The van der Waals surface area contributed by atoms with Gasteiger partial charge in [0.15, 0.2) is 5.43 Å². The van der Waals surface area contributed by atoms with Gasteiger partial charge >= 0.3 is 11.7 Å². The molecule has 6 nitrogen and oxygen atoms in total. The van der Waals surface area contributed by atoms with Gasteiger partial charge in [-0.1, -0.05) is 5.57 Å². The summed E-state index contributed by atoms with van der Waals surface area (Å²) < 4.78 is 10.0. The molecule has 0 atom stereocenters. The van der Waals surface area contributed by atoms with Crippen molar-refractivity contribution in [2.45, 2.75) is 20.8 Å². The van der Waals surface area contributed by atoms with Crippen LogP contribution in [0.1, 0.15) is 32.3 Å². The standard InChI is InChI=1S/C13H14N2O4/c1-4-18-13(17)12(15-14)11-7-9(16)6-10(19-11)5-8(2)3/h5-7H,4H2,1-3H3. The summed E-state index contributed by atoms with van der Waals surface area (Å²) in [5, 5.41) is 0. The molecule has 0 amide bonds. The molecule has 1 aromatic heterocycles. The average molecular weight is 262 g/mol. The van der Waals surface area contributed by atoms with Crippen LogP contribution in [0.2, 0.25) is 0 Å². The number of carbonyl (C=O) groups is 1. The van der Waals surface area contributed by atoms with E-state index in [1.54, 1.807) is 13.0 Å². The van der Waals surface area contributed by atoms with Crippen LogP contribution in [0.5, 0.6) is 0 Å². The van der Waals surface area contributed by atoms with Crippen molar-refractivity contribution in [1.82, 2.24) is 0 Å². The van der Waals surface area contributed by atoms with Gasteiger partial charge < -0.3 is 14.7 Å². The van der Waals surface area contributed by atoms with Gasteiger partial charge in [0.1, 0.15) is 5.76 Å². The highest BCUT2D eigenvalue weighted by atomic mass is 16.5. The second kappa shape index (κ2) is 6.47. The summed E-state index contributed by atoms with van der Waals surface area (Å²) >= 11 is 0. The van der Waals surface area contributed by atoms with Crippen molar-refractivity contribution in [3.05, 3.63) is 45.0 Å². The molecular weight excluding hydrogens is 248 g/mol. The van der Waals surface area contributed by atoms with Gasteiger partial charge in [-0.2, -0.15) is 4.79 Å². The fourth-order valence-electron chi connectivity index (χ4n) is 1.36. The fraction of sp³-hybridized carbons (Fsp3) is 0.308. The van der Waals surface area contributed by atoms with Crippen LogP contribution in [0.25, 0.3) is 11.6 Å². The first-order chi connectivity index (χ1) is 8.97. The third-order valence-electron chi connectivity index (χ3n) is 2.02. The van der Waals surface area contributed by atoms with Gasteiger partial charge in [0.2, 0.25) is 5.76 Å². The second-order valence-corrected chi connectivity index (χ2v) is 3.95. The monoisotopic (exact) mass is 262 g/mol. The molecule has 1 heterocycles. The molecule has 0 unspecified atom stereocenters. The van der Waals surface area contributed by atoms with Crippen LogP contribution < -0.4 is 5.43 Å². The first kappa shape index (κ1) is 14.6. The summed E-state index contributed by atoms with van der Waals surface area (Å²) in [6.07, 6.45) is 1.63. The van der Waals surface area contributed by atoms with Crippen LogP contribution in [-0.4, -0.2) is 23.1 Å². The van der Waals surface area contributed by atoms with Crippen molar-refractivity contribution in [3.63, 3.8) is 0 Å². The summed E-state index contributed by atoms with van der Waals surface area (Å²) in [6, 6.07) is 2.34. The molecule has 0 aliphatic heterocycles. The third kappa shape index (κ3) is 4.04. The zero-order chi connectivity index (χ0) is 14.4. The topological polar surface area (TPSA) is 92.9 Å². The van der Waals surface area contributed by atoms with E-state index >= 15 is 0 Å². The third-order valence-corrected chi connectivity index (χ3v) is 2.02. The van der Waals surface area contributed by atoms with E-state index in [0.29, 0.717) is 0 Å². The Morgan fingerprint density at radius 1 is 1.47 bits per heavy atom. The van der Waals surface area contributed by atoms with Crippen LogP contribution >= 0.6 is 0 Å². The molecule has 100 valence electrons. The number of ether oxygens (including phenoxy) is 1. The minimum absolute atomic E-state index is 0.121. The lowest BCUT2D eigenvalue weighted by Gasteiger charge is -1.99. The number of nitrogens with zero attached hydrogens (tertiary/aromatic N) is 2.